The van der Waals surface area contributed by atoms with Crippen LogP contribution in [-0.2, 0) is 6.42 Å². The van der Waals surface area contributed by atoms with E-state index in [-0.39, 0.29) is 11.7 Å². The zero-order chi connectivity index (χ0) is 21.4. The Morgan fingerprint density at radius 3 is 2.50 bits per heavy atom. The third kappa shape index (κ3) is 4.08. The maximum Gasteiger partial charge on any atom is 0.145 e. The number of aromatic nitrogens is 2. The first-order valence-corrected chi connectivity index (χ1v) is 10.7. The number of halogens is 4. The summed E-state index contributed by atoms with van der Waals surface area (Å²) in [6.07, 6.45) is 2.11. The molecule has 3 nitrogen and oxygen atoms in total. The average molecular weight is 478 g/mol. The molecule has 0 aliphatic carbocycles. The van der Waals surface area contributed by atoms with E-state index in [1.807, 2.05) is 43.3 Å². The van der Waals surface area contributed by atoms with Crippen LogP contribution in [-0.4, -0.2) is 15.1 Å². The highest BCUT2D eigenvalue weighted by molar-refractivity contribution is 6.43. The Labute approximate surface area is 194 Å². The number of hydrogen-bond donors (Lipinski definition) is 1. The highest BCUT2D eigenvalue weighted by atomic mass is 35.5. The minimum atomic E-state index is -0.354. The third-order valence-corrected chi connectivity index (χ3v) is 6.48. The summed E-state index contributed by atoms with van der Waals surface area (Å²) in [4.78, 5) is 8.93. The van der Waals surface area contributed by atoms with Crippen LogP contribution in [0.3, 0.4) is 0 Å². The zero-order valence-electron chi connectivity index (χ0n) is 15.8. The molecule has 4 aromatic rings. The molecule has 0 aliphatic rings. The number of hydrogen-bond acceptors (Lipinski definition) is 3. The first kappa shape index (κ1) is 21.2. The number of phenolic OH excluding ortho intramolecular Hbond substituents is 1. The molecule has 0 saturated heterocycles. The molecule has 0 bridgehead atoms. The van der Waals surface area contributed by atoms with Gasteiger partial charge in [-0.25, -0.2) is 0 Å². The van der Waals surface area contributed by atoms with Gasteiger partial charge in [0.2, 0.25) is 0 Å². The lowest BCUT2D eigenvalue weighted by molar-refractivity contribution is 0.469. The van der Waals surface area contributed by atoms with Crippen LogP contribution in [0.25, 0.3) is 10.9 Å². The van der Waals surface area contributed by atoms with Gasteiger partial charge in [-0.3, -0.25) is 9.97 Å². The smallest absolute Gasteiger partial charge is 0.145 e. The lowest BCUT2D eigenvalue weighted by atomic mass is 9.86. The minimum absolute atomic E-state index is 0.0935. The quantitative estimate of drug-likeness (QED) is 0.307. The lowest BCUT2D eigenvalue weighted by Crippen LogP contribution is -2.09. The van der Waals surface area contributed by atoms with Crippen LogP contribution in [0.4, 0.5) is 0 Å². The van der Waals surface area contributed by atoms with Crippen LogP contribution >= 0.6 is 46.4 Å². The molecule has 0 aliphatic heterocycles. The largest absolute Gasteiger partial charge is 0.505 e. The van der Waals surface area contributed by atoms with E-state index in [0.29, 0.717) is 43.2 Å². The molecule has 2 heterocycles. The van der Waals surface area contributed by atoms with E-state index in [2.05, 4.69) is 9.97 Å². The molecule has 0 spiro atoms. The fourth-order valence-electron chi connectivity index (χ4n) is 3.56. The van der Waals surface area contributed by atoms with Gasteiger partial charge in [0.05, 0.1) is 20.8 Å². The van der Waals surface area contributed by atoms with Crippen molar-refractivity contribution in [1.29, 1.82) is 0 Å². The van der Waals surface area contributed by atoms with Gasteiger partial charge in [-0.2, -0.15) is 0 Å². The van der Waals surface area contributed by atoms with E-state index in [4.69, 9.17) is 46.4 Å². The van der Waals surface area contributed by atoms with Crippen molar-refractivity contribution in [2.75, 3.05) is 0 Å². The number of nitrogens with zero attached hydrogens (tertiary/aromatic N) is 2. The Morgan fingerprint density at radius 1 is 0.933 bits per heavy atom. The second-order valence-electron chi connectivity index (χ2n) is 7.00. The number of fused-ring (bicyclic) bond motifs is 1. The molecular weight excluding hydrogens is 462 g/mol. The monoisotopic (exact) mass is 476 g/mol. The number of phenols is 1. The zero-order valence-corrected chi connectivity index (χ0v) is 18.9. The Bertz CT molecular complexity index is 1260. The number of aryl methyl sites for hydroxylation is 1. The molecular formula is C23H16Cl4N2O. The van der Waals surface area contributed by atoms with E-state index >= 15 is 0 Å². The molecule has 0 amide bonds. The van der Waals surface area contributed by atoms with Crippen molar-refractivity contribution < 1.29 is 5.11 Å². The Kier molecular flexibility index (Phi) is 6.08. The number of aromatic hydroxyl groups is 1. The van der Waals surface area contributed by atoms with Crippen LogP contribution in [0.5, 0.6) is 5.75 Å². The molecule has 152 valence electrons. The highest BCUT2D eigenvalue weighted by Crippen LogP contribution is 2.42. The summed E-state index contributed by atoms with van der Waals surface area (Å²) in [5.74, 6) is -0.260. The van der Waals surface area contributed by atoms with E-state index in [1.165, 1.54) is 0 Å². The van der Waals surface area contributed by atoms with Crippen molar-refractivity contribution in [2.45, 2.75) is 19.3 Å². The van der Waals surface area contributed by atoms with Gasteiger partial charge in [-0.15, -0.1) is 0 Å². The van der Waals surface area contributed by atoms with Crippen LogP contribution in [0, 0.1) is 6.92 Å². The van der Waals surface area contributed by atoms with Crippen LogP contribution in [0.1, 0.15) is 28.4 Å². The minimum Gasteiger partial charge on any atom is -0.505 e. The molecule has 0 fully saturated rings. The van der Waals surface area contributed by atoms with E-state index in [0.717, 1.165) is 16.8 Å². The number of rotatable bonds is 4. The molecule has 0 radical (unpaired) electrons. The molecule has 1 N–H and O–H groups in total. The fraction of sp³-hybridized carbons (Fsp3) is 0.130. The lowest BCUT2D eigenvalue weighted by Gasteiger charge is -2.22. The molecule has 2 aromatic heterocycles. The maximum absolute atomic E-state index is 11.1. The molecule has 2 aromatic carbocycles. The van der Waals surface area contributed by atoms with Gasteiger partial charge in [-0.1, -0.05) is 64.6 Å². The predicted octanol–water partition coefficient (Wildman–Crippen LogP) is 7.63. The van der Waals surface area contributed by atoms with Gasteiger partial charge in [-0.05, 0) is 42.8 Å². The van der Waals surface area contributed by atoms with Crippen molar-refractivity contribution in [2.24, 2.45) is 0 Å². The molecule has 0 saturated carbocycles. The van der Waals surface area contributed by atoms with Crippen molar-refractivity contribution in [3.63, 3.8) is 0 Å². The van der Waals surface area contributed by atoms with Gasteiger partial charge in [0, 0.05) is 40.2 Å². The molecule has 4 rings (SSSR count). The van der Waals surface area contributed by atoms with Gasteiger partial charge in [0.25, 0.3) is 0 Å². The second-order valence-corrected chi connectivity index (χ2v) is 8.62. The normalized spacial score (nSPS) is 12.3. The van der Waals surface area contributed by atoms with E-state index < -0.39 is 0 Å². The summed E-state index contributed by atoms with van der Waals surface area (Å²) in [5.41, 5.74) is 3.41. The molecule has 1 atom stereocenters. The Morgan fingerprint density at radius 2 is 1.73 bits per heavy atom. The first-order chi connectivity index (χ1) is 14.3. The standard InChI is InChI=1S/C23H16Cl4N2O/c1-12-19(25)7-5-15(29-12)11-17(18-9-14(24)10-20(26)21(18)27)16-6-4-13-3-2-8-28-22(13)23(16)30/h2-10,17,30H,11H2,1H3. The number of pyridine rings is 2. The Balaban J connectivity index is 1.92. The second kappa shape index (κ2) is 8.60. The van der Waals surface area contributed by atoms with Crippen molar-refractivity contribution >= 4 is 57.3 Å². The maximum atomic E-state index is 11.1. The summed E-state index contributed by atoms with van der Waals surface area (Å²) in [7, 11) is 0. The first-order valence-electron chi connectivity index (χ1n) is 9.18. The highest BCUT2D eigenvalue weighted by Gasteiger charge is 2.25. The predicted molar refractivity (Wildman–Crippen MR) is 124 cm³/mol. The molecule has 30 heavy (non-hydrogen) atoms. The van der Waals surface area contributed by atoms with Crippen LogP contribution in [0.15, 0.2) is 54.7 Å². The van der Waals surface area contributed by atoms with E-state index in [9.17, 15) is 5.11 Å². The third-order valence-electron chi connectivity index (χ3n) is 5.04. The van der Waals surface area contributed by atoms with Crippen LogP contribution < -0.4 is 0 Å². The van der Waals surface area contributed by atoms with Gasteiger partial charge in [0.15, 0.2) is 0 Å². The topological polar surface area (TPSA) is 46.0 Å². The average Bonchev–Trinajstić information content (AvgIpc) is 2.72. The van der Waals surface area contributed by atoms with Crippen molar-refractivity contribution in [1.82, 2.24) is 9.97 Å². The SMILES string of the molecule is Cc1nc(CC(c2cc(Cl)cc(Cl)c2Cl)c2ccc3cccnc3c2O)ccc1Cl. The summed E-state index contributed by atoms with van der Waals surface area (Å²) >= 11 is 25.3. The van der Waals surface area contributed by atoms with Gasteiger partial charge < -0.3 is 5.11 Å². The van der Waals surface area contributed by atoms with Gasteiger partial charge in [0.1, 0.15) is 11.3 Å². The summed E-state index contributed by atoms with van der Waals surface area (Å²) in [6.45, 7) is 1.85. The number of benzene rings is 2. The summed E-state index contributed by atoms with van der Waals surface area (Å²) in [6, 6.07) is 14.6. The van der Waals surface area contributed by atoms with E-state index in [1.54, 1.807) is 18.3 Å². The summed E-state index contributed by atoms with van der Waals surface area (Å²) in [5, 5.41) is 13.7. The Hall–Kier alpha value is -2.04. The van der Waals surface area contributed by atoms with Crippen molar-refractivity contribution in [3.8, 4) is 5.75 Å². The fourth-order valence-corrected chi connectivity index (χ4v) is 4.42. The van der Waals surface area contributed by atoms with Crippen LogP contribution in [0.2, 0.25) is 20.1 Å². The molecule has 7 heteroatoms. The van der Waals surface area contributed by atoms with Crippen molar-refractivity contribution in [3.05, 3.63) is 97.3 Å². The van der Waals surface area contributed by atoms with Gasteiger partial charge >= 0.3 is 0 Å². The molecule has 1 unspecified atom stereocenters. The summed E-state index contributed by atoms with van der Waals surface area (Å²) < 4.78 is 0.